The van der Waals surface area contributed by atoms with Crippen LogP contribution in [0, 0.1) is 6.92 Å². The van der Waals surface area contributed by atoms with Crippen LogP contribution < -0.4 is 15.8 Å². The molecule has 1 aromatic heterocycles. The Balaban J connectivity index is 0.00000192. The van der Waals surface area contributed by atoms with Crippen molar-refractivity contribution in [3.63, 3.8) is 0 Å². The number of benzene rings is 1. The zero-order chi connectivity index (χ0) is 15.4. The average Bonchev–Trinajstić information content (AvgIpc) is 2.93. The number of halogens is 1. The molecule has 3 rings (SSSR count). The molecule has 2 aromatic rings. The third kappa shape index (κ3) is 4.60. The van der Waals surface area contributed by atoms with Crippen molar-refractivity contribution < 1.29 is 9.26 Å². The summed E-state index contributed by atoms with van der Waals surface area (Å²) in [6.07, 6.45) is 1.56. The molecule has 1 aromatic carbocycles. The zero-order valence-electron chi connectivity index (χ0n) is 13.0. The lowest BCUT2D eigenvalue weighted by molar-refractivity contribution is 0.262. The molecule has 124 valence electrons. The number of guanidine groups is 1. The number of aromatic nitrogens is 1. The van der Waals surface area contributed by atoms with Crippen molar-refractivity contribution in [3.8, 4) is 5.75 Å². The van der Waals surface area contributed by atoms with Crippen molar-refractivity contribution >= 4 is 29.9 Å². The monoisotopic (exact) mass is 428 g/mol. The van der Waals surface area contributed by atoms with Crippen LogP contribution in [0.25, 0.3) is 0 Å². The van der Waals surface area contributed by atoms with Crippen LogP contribution in [0.1, 0.15) is 29.5 Å². The number of nitrogens with one attached hydrogen (secondary N) is 1. The van der Waals surface area contributed by atoms with E-state index in [0.717, 1.165) is 29.2 Å². The van der Waals surface area contributed by atoms with E-state index >= 15 is 0 Å². The van der Waals surface area contributed by atoms with E-state index in [4.69, 9.17) is 15.0 Å². The largest absolute Gasteiger partial charge is 0.493 e. The van der Waals surface area contributed by atoms with Crippen molar-refractivity contribution in [3.05, 3.63) is 47.3 Å². The second-order valence-corrected chi connectivity index (χ2v) is 5.32. The van der Waals surface area contributed by atoms with Crippen molar-refractivity contribution in [2.45, 2.75) is 25.8 Å². The molecule has 1 atom stereocenters. The summed E-state index contributed by atoms with van der Waals surface area (Å²) in [5, 5.41) is 7.12. The Bertz CT molecular complexity index is 672. The summed E-state index contributed by atoms with van der Waals surface area (Å²) in [6.45, 7) is 3.15. The summed E-state index contributed by atoms with van der Waals surface area (Å²) in [5.74, 6) is 2.18. The summed E-state index contributed by atoms with van der Waals surface area (Å²) in [5.41, 5.74) is 7.98. The van der Waals surface area contributed by atoms with Crippen LogP contribution in [0.2, 0.25) is 0 Å². The van der Waals surface area contributed by atoms with Crippen LogP contribution in [0.3, 0.4) is 0 Å². The highest BCUT2D eigenvalue weighted by atomic mass is 127. The van der Waals surface area contributed by atoms with E-state index in [1.165, 1.54) is 0 Å². The maximum Gasteiger partial charge on any atom is 0.189 e. The van der Waals surface area contributed by atoms with Crippen LogP contribution in [-0.2, 0) is 6.42 Å². The summed E-state index contributed by atoms with van der Waals surface area (Å²) < 4.78 is 10.8. The molecule has 1 unspecified atom stereocenters. The third-order valence-electron chi connectivity index (χ3n) is 3.60. The Hall–Kier alpha value is -1.77. The van der Waals surface area contributed by atoms with Gasteiger partial charge in [-0.15, -0.1) is 24.0 Å². The van der Waals surface area contributed by atoms with E-state index in [-0.39, 0.29) is 30.0 Å². The number of rotatable bonds is 4. The van der Waals surface area contributed by atoms with Crippen LogP contribution >= 0.6 is 24.0 Å². The quantitative estimate of drug-likeness (QED) is 0.444. The number of hydrogen-bond acceptors (Lipinski definition) is 4. The molecule has 0 saturated carbocycles. The van der Waals surface area contributed by atoms with Crippen molar-refractivity contribution in [1.29, 1.82) is 0 Å². The van der Waals surface area contributed by atoms with Gasteiger partial charge in [-0.1, -0.05) is 23.4 Å². The highest BCUT2D eigenvalue weighted by Gasteiger charge is 2.21. The van der Waals surface area contributed by atoms with Gasteiger partial charge in [0.1, 0.15) is 11.5 Å². The van der Waals surface area contributed by atoms with Crippen molar-refractivity contribution in [2.75, 3.05) is 13.2 Å². The van der Waals surface area contributed by atoms with Gasteiger partial charge < -0.3 is 20.3 Å². The maximum atomic E-state index is 5.98. The molecule has 1 aliphatic rings. The minimum absolute atomic E-state index is 0. The molecular weight excluding hydrogens is 407 g/mol. The van der Waals surface area contributed by atoms with Gasteiger partial charge >= 0.3 is 0 Å². The first-order valence-corrected chi connectivity index (χ1v) is 7.43. The van der Waals surface area contributed by atoms with Gasteiger partial charge in [-0.2, -0.15) is 0 Å². The number of para-hydroxylation sites is 1. The second-order valence-electron chi connectivity index (χ2n) is 5.32. The SMILES string of the molecule is Cc1cc(CCN=C(N)NC2CCOc3ccccc32)on1.I. The molecule has 6 nitrogen and oxygen atoms in total. The van der Waals surface area contributed by atoms with Gasteiger partial charge in [-0.25, -0.2) is 0 Å². The molecule has 0 radical (unpaired) electrons. The molecule has 0 amide bonds. The zero-order valence-corrected chi connectivity index (χ0v) is 15.3. The standard InChI is InChI=1S/C16H20N4O2.HI/c1-11-10-12(22-20-11)6-8-18-16(17)19-14-7-9-21-15-5-3-2-4-13(14)15;/h2-5,10,14H,6-9H2,1H3,(H3,17,18,19);1H. The van der Waals surface area contributed by atoms with Gasteiger partial charge in [0.15, 0.2) is 5.96 Å². The number of aliphatic imine (C=N–C) groups is 1. The predicted molar refractivity (Wildman–Crippen MR) is 99.3 cm³/mol. The molecule has 0 fully saturated rings. The number of nitrogens with zero attached hydrogens (tertiary/aromatic N) is 2. The molecule has 0 spiro atoms. The normalized spacial score (nSPS) is 16.9. The van der Waals surface area contributed by atoms with E-state index in [9.17, 15) is 0 Å². The Morgan fingerprint density at radius 3 is 3.04 bits per heavy atom. The molecule has 7 heteroatoms. The Kier molecular flexibility index (Phi) is 6.26. The van der Waals surface area contributed by atoms with Crippen molar-refractivity contribution in [1.82, 2.24) is 10.5 Å². The predicted octanol–water partition coefficient (Wildman–Crippen LogP) is 2.57. The molecular formula is C16H21IN4O2. The summed E-state index contributed by atoms with van der Waals surface area (Å²) >= 11 is 0. The molecule has 23 heavy (non-hydrogen) atoms. The number of nitrogens with two attached hydrogens (primary N) is 1. The number of aryl methyl sites for hydroxylation is 1. The van der Waals surface area contributed by atoms with Crippen LogP contribution in [-0.4, -0.2) is 24.3 Å². The van der Waals surface area contributed by atoms with Gasteiger partial charge in [0.2, 0.25) is 0 Å². The molecule has 2 heterocycles. The lowest BCUT2D eigenvalue weighted by atomic mass is 10.0. The fraction of sp³-hybridized carbons (Fsp3) is 0.375. The molecule has 3 N–H and O–H groups in total. The number of hydrogen-bond donors (Lipinski definition) is 2. The Morgan fingerprint density at radius 1 is 1.43 bits per heavy atom. The Labute approximate surface area is 152 Å². The maximum absolute atomic E-state index is 5.98. The van der Waals surface area contributed by atoms with E-state index in [0.29, 0.717) is 25.5 Å². The third-order valence-corrected chi connectivity index (χ3v) is 3.60. The molecule has 0 bridgehead atoms. The van der Waals surface area contributed by atoms with E-state index in [1.54, 1.807) is 0 Å². The highest BCUT2D eigenvalue weighted by Crippen LogP contribution is 2.31. The van der Waals surface area contributed by atoms with Crippen LogP contribution in [0.4, 0.5) is 0 Å². The van der Waals surface area contributed by atoms with E-state index in [1.807, 2.05) is 31.2 Å². The van der Waals surface area contributed by atoms with Gasteiger partial charge in [-0.3, -0.25) is 4.99 Å². The first-order valence-electron chi connectivity index (χ1n) is 7.43. The van der Waals surface area contributed by atoms with E-state index < -0.39 is 0 Å². The minimum atomic E-state index is 0. The second kappa shape index (κ2) is 8.19. The smallest absolute Gasteiger partial charge is 0.189 e. The van der Waals surface area contributed by atoms with E-state index in [2.05, 4.69) is 21.5 Å². The van der Waals surface area contributed by atoms with Crippen LogP contribution in [0.15, 0.2) is 39.8 Å². The molecule has 0 saturated heterocycles. The summed E-state index contributed by atoms with van der Waals surface area (Å²) in [6, 6.07) is 10.0. The minimum Gasteiger partial charge on any atom is -0.493 e. The highest BCUT2D eigenvalue weighted by molar-refractivity contribution is 14.0. The summed E-state index contributed by atoms with van der Waals surface area (Å²) in [7, 11) is 0. The van der Waals surface area contributed by atoms with Gasteiger partial charge in [-0.05, 0) is 13.0 Å². The average molecular weight is 428 g/mol. The number of fused-ring (bicyclic) bond motifs is 1. The number of ether oxygens (including phenoxy) is 1. The fourth-order valence-corrected chi connectivity index (χ4v) is 2.54. The lowest BCUT2D eigenvalue weighted by Gasteiger charge is -2.26. The topological polar surface area (TPSA) is 85.7 Å². The van der Waals surface area contributed by atoms with Crippen molar-refractivity contribution in [2.24, 2.45) is 10.7 Å². The van der Waals surface area contributed by atoms with Gasteiger partial charge in [0.05, 0.1) is 18.3 Å². The molecule has 1 aliphatic heterocycles. The fourth-order valence-electron chi connectivity index (χ4n) is 2.54. The summed E-state index contributed by atoms with van der Waals surface area (Å²) in [4.78, 5) is 4.35. The van der Waals surface area contributed by atoms with Gasteiger partial charge in [0.25, 0.3) is 0 Å². The van der Waals surface area contributed by atoms with Crippen LogP contribution in [0.5, 0.6) is 5.75 Å². The molecule has 0 aliphatic carbocycles. The van der Waals surface area contributed by atoms with Gasteiger partial charge in [0, 0.05) is 31.0 Å². The first-order chi connectivity index (χ1) is 10.7. The lowest BCUT2D eigenvalue weighted by Crippen LogP contribution is -2.37. The first kappa shape index (κ1) is 17.6. The Morgan fingerprint density at radius 2 is 2.26 bits per heavy atom.